The molecule has 1 aliphatic carbocycles. The van der Waals surface area contributed by atoms with Gasteiger partial charge in [0.15, 0.2) is 0 Å². The fourth-order valence-corrected chi connectivity index (χ4v) is 3.66. The number of nitrogens with zero attached hydrogens (tertiary/aromatic N) is 2. The Hall–Kier alpha value is -1.98. The topological polar surface area (TPSA) is 92.2 Å². The van der Waals surface area contributed by atoms with E-state index in [0.717, 1.165) is 5.52 Å². The first-order valence-corrected chi connectivity index (χ1v) is 8.10. The average Bonchev–Trinajstić information content (AvgIpc) is 2.96. The number of carboxylic acids is 1. The molecule has 108 valence electrons. The van der Waals surface area contributed by atoms with Gasteiger partial charge in [-0.25, -0.2) is 0 Å². The van der Waals surface area contributed by atoms with Gasteiger partial charge >= 0.3 is 127 Å². The Labute approximate surface area is 127 Å². The van der Waals surface area contributed by atoms with Crippen LogP contribution in [0, 0.1) is 11.8 Å². The van der Waals surface area contributed by atoms with E-state index < -0.39 is 17.8 Å². The summed E-state index contributed by atoms with van der Waals surface area (Å²) >= 11 is -0.166. The fourth-order valence-electron chi connectivity index (χ4n) is 2.51. The molecule has 6 nitrogen and oxygen atoms in total. The molecule has 0 saturated carbocycles. The molecule has 2 unspecified atom stereocenters. The number of hydrogen-bond donors (Lipinski definition) is 2. The van der Waals surface area contributed by atoms with Crippen molar-refractivity contribution in [2.45, 2.75) is 12.8 Å². The molecule has 1 amide bonds. The van der Waals surface area contributed by atoms with Crippen LogP contribution in [0.4, 0.5) is 5.69 Å². The van der Waals surface area contributed by atoms with Crippen molar-refractivity contribution in [3.8, 4) is 0 Å². The summed E-state index contributed by atoms with van der Waals surface area (Å²) in [5, 5.41) is 12.1. The van der Waals surface area contributed by atoms with Gasteiger partial charge in [0.25, 0.3) is 0 Å². The number of allylic oxidation sites excluding steroid dienone is 2. The SMILES string of the molecule is O=C(O)C1CC=CCC1C(=O)Nc1cccc2n[se]nc12. The number of carbonyl (C=O) groups excluding carboxylic acids is 1. The van der Waals surface area contributed by atoms with Crippen molar-refractivity contribution in [2.75, 3.05) is 5.32 Å². The third kappa shape index (κ3) is 2.75. The molecule has 1 aliphatic rings. The number of nitrogens with one attached hydrogen (secondary N) is 1. The third-order valence-electron chi connectivity index (χ3n) is 3.63. The number of rotatable bonds is 3. The van der Waals surface area contributed by atoms with Crippen molar-refractivity contribution < 1.29 is 14.7 Å². The van der Waals surface area contributed by atoms with Gasteiger partial charge < -0.3 is 0 Å². The minimum absolute atomic E-state index is 0.166. The molecule has 2 atom stereocenters. The van der Waals surface area contributed by atoms with Gasteiger partial charge in [-0.05, 0) is 0 Å². The summed E-state index contributed by atoms with van der Waals surface area (Å²) in [5.74, 6) is -2.42. The number of carboxylic acid groups (broad SMARTS) is 1. The van der Waals surface area contributed by atoms with Crippen molar-refractivity contribution in [1.82, 2.24) is 7.96 Å². The van der Waals surface area contributed by atoms with Crippen LogP contribution >= 0.6 is 0 Å². The second-order valence-electron chi connectivity index (χ2n) is 4.92. The monoisotopic (exact) mass is 351 g/mol. The van der Waals surface area contributed by atoms with E-state index in [1.54, 1.807) is 6.07 Å². The van der Waals surface area contributed by atoms with Crippen molar-refractivity contribution in [3.63, 3.8) is 0 Å². The van der Waals surface area contributed by atoms with Crippen LogP contribution in [0.3, 0.4) is 0 Å². The zero-order valence-electron chi connectivity index (χ0n) is 11.0. The summed E-state index contributed by atoms with van der Waals surface area (Å²) in [5.41, 5.74) is 2.09. The molecule has 2 aromatic rings. The summed E-state index contributed by atoms with van der Waals surface area (Å²) < 4.78 is 8.56. The second kappa shape index (κ2) is 5.79. The maximum absolute atomic E-state index is 12.4. The van der Waals surface area contributed by atoms with Crippen LogP contribution in [0.2, 0.25) is 0 Å². The zero-order valence-corrected chi connectivity index (χ0v) is 12.7. The van der Waals surface area contributed by atoms with E-state index in [1.807, 2.05) is 24.3 Å². The number of benzene rings is 1. The van der Waals surface area contributed by atoms with Crippen molar-refractivity contribution in [2.24, 2.45) is 11.8 Å². The molecular formula is C14H13N3O3Se. The minimum atomic E-state index is -0.930. The summed E-state index contributed by atoms with van der Waals surface area (Å²) in [4.78, 5) is 23.7. The molecule has 0 spiro atoms. The summed E-state index contributed by atoms with van der Waals surface area (Å²) in [7, 11) is 0. The number of fused-ring (bicyclic) bond motifs is 1. The molecular weight excluding hydrogens is 337 g/mol. The summed E-state index contributed by atoms with van der Waals surface area (Å²) in [6.45, 7) is 0. The molecule has 21 heavy (non-hydrogen) atoms. The number of aromatic nitrogens is 2. The summed E-state index contributed by atoms with van der Waals surface area (Å²) in [6, 6.07) is 5.43. The van der Waals surface area contributed by atoms with Crippen LogP contribution in [0.5, 0.6) is 0 Å². The van der Waals surface area contributed by atoms with E-state index in [-0.39, 0.29) is 20.9 Å². The first-order chi connectivity index (χ1) is 10.2. The Morgan fingerprint density at radius 3 is 2.71 bits per heavy atom. The average molecular weight is 350 g/mol. The maximum atomic E-state index is 12.4. The van der Waals surface area contributed by atoms with Gasteiger partial charge in [0.2, 0.25) is 0 Å². The van der Waals surface area contributed by atoms with E-state index in [2.05, 4.69) is 13.3 Å². The van der Waals surface area contributed by atoms with Crippen molar-refractivity contribution in [1.29, 1.82) is 0 Å². The summed E-state index contributed by atoms with van der Waals surface area (Å²) in [6.07, 6.45) is 4.52. The fraction of sp³-hybridized carbons (Fsp3) is 0.286. The number of amides is 1. The molecule has 0 bridgehead atoms. The molecule has 1 heterocycles. The Bertz CT molecular complexity index is 725. The predicted octanol–water partition coefficient (Wildman–Crippen LogP) is 1.29. The van der Waals surface area contributed by atoms with Crippen LogP contribution in [0.1, 0.15) is 12.8 Å². The predicted molar refractivity (Wildman–Crippen MR) is 78.1 cm³/mol. The molecule has 0 radical (unpaired) electrons. The van der Waals surface area contributed by atoms with Crippen LogP contribution in [-0.4, -0.2) is 39.9 Å². The van der Waals surface area contributed by atoms with Gasteiger partial charge in [0, 0.05) is 0 Å². The molecule has 3 rings (SSSR count). The Kier molecular flexibility index (Phi) is 3.86. The van der Waals surface area contributed by atoms with Gasteiger partial charge in [-0.1, -0.05) is 0 Å². The quantitative estimate of drug-likeness (QED) is 0.643. The zero-order chi connectivity index (χ0) is 14.8. The molecule has 0 fully saturated rings. The van der Waals surface area contributed by atoms with E-state index in [0.29, 0.717) is 24.0 Å². The number of aliphatic carboxylic acids is 1. The molecule has 0 saturated heterocycles. The Morgan fingerprint density at radius 2 is 1.95 bits per heavy atom. The van der Waals surface area contributed by atoms with Gasteiger partial charge in [0.1, 0.15) is 0 Å². The van der Waals surface area contributed by atoms with Crippen LogP contribution < -0.4 is 5.32 Å². The Balaban J connectivity index is 1.84. The molecule has 1 aromatic carbocycles. The number of hydrogen-bond acceptors (Lipinski definition) is 4. The van der Waals surface area contributed by atoms with Crippen molar-refractivity contribution >= 4 is 43.6 Å². The standard InChI is InChI=1S/C14H13N3O3Se/c18-13(8-4-1-2-5-9(8)14(19)20)15-10-6-3-7-11-12(10)17-21-16-11/h1-3,6-9H,4-5H2,(H,15,18)(H,19,20). The molecule has 2 N–H and O–H groups in total. The van der Waals surface area contributed by atoms with Crippen LogP contribution in [-0.2, 0) is 9.59 Å². The van der Waals surface area contributed by atoms with E-state index >= 15 is 0 Å². The van der Waals surface area contributed by atoms with Gasteiger partial charge in [-0.3, -0.25) is 0 Å². The second-order valence-corrected chi connectivity index (χ2v) is 6.03. The Morgan fingerprint density at radius 1 is 1.19 bits per heavy atom. The van der Waals surface area contributed by atoms with Gasteiger partial charge in [-0.2, -0.15) is 0 Å². The van der Waals surface area contributed by atoms with Gasteiger partial charge in [0.05, 0.1) is 0 Å². The first-order valence-electron chi connectivity index (χ1n) is 6.57. The molecule has 0 aliphatic heterocycles. The molecule has 1 aromatic heterocycles. The van der Waals surface area contributed by atoms with Gasteiger partial charge in [-0.15, -0.1) is 0 Å². The van der Waals surface area contributed by atoms with E-state index in [9.17, 15) is 14.7 Å². The first kappa shape index (κ1) is 14.0. The van der Waals surface area contributed by atoms with Crippen molar-refractivity contribution in [3.05, 3.63) is 30.4 Å². The van der Waals surface area contributed by atoms with E-state index in [4.69, 9.17) is 0 Å². The molecule has 7 heteroatoms. The number of anilines is 1. The van der Waals surface area contributed by atoms with Crippen LogP contribution in [0.25, 0.3) is 11.0 Å². The number of carbonyl (C=O) groups is 2. The normalized spacial score (nSPS) is 21.3. The van der Waals surface area contributed by atoms with E-state index in [1.165, 1.54) is 0 Å². The third-order valence-corrected chi connectivity index (χ3v) is 4.77. The van der Waals surface area contributed by atoms with Crippen LogP contribution in [0.15, 0.2) is 30.4 Å².